The Kier molecular flexibility index (Phi) is 4.92. The molecule has 2 heterocycles. The average molecular weight is 333 g/mol. The molecule has 0 bridgehead atoms. The fourth-order valence-corrected chi connectivity index (χ4v) is 3.44. The van der Waals surface area contributed by atoms with E-state index < -0.39 is 12.1 Å². The lowest BCUT2D eigenvalue weighted by Gasteiger charge is -2.40. The zero-order chi connectivity index (χ0) is 17.1. The number of amides is 1. The Hall–Kier alpha value is -2.24. The lowest BCUT2D eigenvalue weighted by molar-refractivity contribution is -0.149. The SMILES string of the molecule is CC1Oc2ccccc2OC1C(=O)N1CCCCC1CCC(=O)O. The summed E-state index contributed by atoms with van der Waals surface area (Å²) in [6.45, 7) is 2.48. The minimum atomic E-state index is -0.826. The maximum absolute atomic E-state index is 13.0. The number of carboxylic acid groups (broad SMARTS) is 1. The van der Waals surface area contributed by atoms with Crippen LogP contribution in [0.5, 0.6) is 11.5 Å². The van der Waals surface area contributed by atoms with Crippen molar-refractivity contribution in [3.05, 3.63) is 24.3 Å². The van der Waals surface area contributed by atoms with Gasteiger partial charge < -0.3 is 19.5 Å². The highest BCUT2D eigenvalue weighted by atomic mass is 16.6. The zero-order valence-electron chi connectivity index (χ0n) is 13.8. The lowest BCUT2D eigenvalue weighted by atomic mass is 9.96. The highest BCUT2D eigenvalue weighted by Crippen LogP contribution is 2.34. The van der Waals surface area contributed by atoms with Crippen molar-refractivity contribution in [2.45, 2.75) is 57.3 Å². The highest BCUT2D eigenvalue weighted by Gasteiger charge is 2.39. The van der Waals surface area contributed by atoms with Gasteiger partial charge in [-0.3, -0.25) is 9.59 Å². The zero-order valence-corrected chi connectivity index (χ0v) is 13.8. The van der Waals surface area contributed by atoms with Crippen LogP contribution in [0.4, 0.5) is 0 Å². The molecule has 2 aliphatic rings. The van der Waals surface area contributed by atoms with Crippen LogP contribution in [0, 0.1) is 0 Å². The first-order valence-electron chi connectivity index (χ1n) is 8.51. The molecule has 24 heavy (non-hydrogen) atoms. The van der Waals surface area contributed by atoms with Crippen molar-refractivity contribution >= 4 is 11.9 Å². The van der Waals surface area contributed by atoms with E-state index >= 15 is 0 Å². The fraction of sp³-hybridized carbons (Fsp3) is 0.556. The van der Waals surface area contributed by atoms with Crippen LogP contribution in [0.15, 0.2) is 24.3 Å². The van der Waals surface area contributed by atoms with Crippen molar-refractivity contribution < 1.29 is 24.2 Å². The van der Waals surface area contributed by atoms with Gasteiger partial charge in [0.05, 0.1) is 0 Å². The number of piperidine rings is 1. The molecule has 0 spiro atoms. The summed E-state index contributed by atoms with van der Waals surface area (Å²) < 4.78 is 11.7. The van der Waals surface area contributed by atoms with Crippen LogP contribution in [0.1, 0.15) is 39.0 Å². The van der Waals surface area contributed by atoms with Gasteiger partial charge in [0, 0.05) is 19.0 Å². The normalized spacial score (nSPS) is 26.0. The van der Waals surface area contributed by atoms with Crippen molar-refractivity contribution in [3.8, 4) is 11.5 Å². The monoisotopic (exact) mass is 333 g/mol. The number of hydrogen-bond acceptors (Lipinski definition) is 4. The molecular formula is C18H23NO5. The molecule has 0 aliphatic carbocycles. The largest absolute Gasteiger partial charge is 0.482 e. The van der Waals surface area contributed by atoms with Gasteiger partial charge in [-0.05, 0) is 44.7 Å². The molecule has 1 aromatic rings. The summed E-state index contributed by atoms with van der Waals surface area (Å²) in [6.07, 6.45) is 2.30. The third-order valence-corrected chi connectivity index (χ3v) is 4.69. The Morgan fingerprint density at radius 2 is 1.92 bits per heavy atom. The van der Waals surface area contributed by atoms with Gasteiger partial charge >= 0.3 is 5.97 Å². The van der Waals surface area contributed by atoms with Crippen molar-refractivity contribution in [3.63, 3.8) is 0 Å². The number of fused-ring (bicyclic) bond motifs is 1. The Balaban J connectivity index is 1.73. The molecule has 1 fully saturated rings. The van der Waals surface area contributed by atoms with Gasteiger partial charge in [0.25, 0.3) is 5.91 Å². The minimum absolute atomic E-state index is 0.0321. The molecule has 1 amide bonds. The number of carboxylic acids is 1. The summed E-state index contributed by atoms with van der Waals surface area (Å²) in [5, 5.41) is 8.92. The molecule has 0 radical (unpaired) electrons. The van der Waals surface area contributed by atoms with E-state index in [1.807, 2.05) is 25.1 Å². The molecule has 3 unspecified atom stereocenters. The van der Waals surface area contributed by atoms with Crippen LogP contribution >= 0.6 is 0 Å². The van der Waals surface area contributed by atoms with E-state index in [0.29, 0.717) is 24.5 Å². The molecule has 3 rings (SSSR count). The molecule has 0 saturated carbocycles. The van der Waals surface area contributed by atoms with E-state index in [-0.39, 0.29) is 24.5 Å². The first-order valence-corrected chi connectivity index (χ1v) is 8.51. The second-order valence-corrected chi connectivity index (χ2v) is 6.42. The number of likely N-dealkylation sites (tertiary alicyclic amines) is 1. The molecule has 1 aromatic carbocycles. The smallest absolute Gasteiger partial charge is 0.303 e. The Morgan fingerprint density at radius 1 is 1.21 bits per heavy atom. The maximum atomic E-state index is 13.0. The number of rotatable bonds is 4. The van der Waals surface area contributed by atoms with Gasteiger partial charge in [0.15, 0.2) is 11.5 Å². The van der Waals surface area contributed by atoms with Crippen molar-refractivity contribution in [2.75, 3.05) is 6.54 Å². The Morgan fingerprint density at radius 3 is 2.62 bits per heavy atom. The number of carbonyl (C=O) groups excluding carboxylic acids is 1. The first-order chi connectivity index (χ1) is 11.6. The summed E-state index contributed by atoms with van der Waals surface area (Å²) in [4.78, 5) is 25.7. The topological polar surface area (TPSA) is 76.1 Å². The van der Waals surface area contributed by atoms with Crippen LogP contribution in [-0.4, -0.2) is 46.7 Å². The molecule has 6 nitrogen and oxygen atoms in total. The van der Waals surface area contributed by atoms with E-state index in [1.165, 1.54) is 0 Å². The number of benzene rings is 1. The van der Waals surface area contributed by atoms with Crippen LogP contribution in [0.3, 0.4) is 0 Å². The molecule has 1 N–H and O–H groups in total. The molecule has 0 aromatic heterocycles. The third-order valence-electron chi connectivity index (χ3n) is 4.69. The van der Waals surface area contributed by atoms with Crippen LogP contribution in [0.25, 0.3) is 0 Å². The summed E-state index contributed by atoms with van der Waals surface area (Å²) in [7, 11) is 0. The summed E-state index contributed by atoms with van der Waals surface area (Å²) in [5.74, 6) is 0.294. The van der Waals surface area contributed by atoms with Gasteiger partial charge in [0.2, 0.25) is 6.10 Å². The molecule has 3 atom stereocenters. The number of para-hydroxylation sites is 2. The van der Waals surface area contributed by atoms with Crippen LogP contribution in [-0.2, 0) is 9.59 Å². The van der Waals surface area contributed by atoms with E-state index in [9.17, 15) is 9.59 Å². The van der Waals surface area contributed by atoms with Gasteiger partial charge in [0.1, 0.15) is 6.10 Å². The number of carbonyl (C=O) groups is 2. The van der Waals surface area contributed by atoms with Gasteiger partial charge in [-0.25, -0.2) is 0 Å². The summed E-state index contributed by atoms with van der Waals surface area (Å²) >= 11 is 0. The minimum Gasteiger partial charge on any atom is -0.482 e. The third kappa shape index (κ3) is 3.47. The first kappa shape index (κ1) is 16.6. The summed E-state index contributed by atoms with van der Waals surface area (Å²) in [6, 6.07) is 7.29. The van der Waals surface area contributed by atoms with E-state index in [2.05, 4.69) is 0 Å². The fourth-order valence-electron chi connectivity index (χ4n) is 3.44. The van der Waals surface area contributed by atoms with Gasteiger partial charge in [-0.15, -0.1) is 0 Å². The number of aliphatic carboxylic acids is 1. The van der Waals surface area contributed by atoms with Crippen molar-refractivity contribution in [2.24, 2.45) is 0 Å². The second-order valence-electron chi connectivity index (χ2n) is 6.42. The van der Waals surface area contributed by atoms with Crippen molar-refractivity contribution in [1.29, 1.82) is 0 Å². The standard InChI is InChI=1S/C18H23NO5/c1-12-17(24-15-8-3-2-7-14(15)23-12)18(22)19-11-5-4-6-13(19)9-10-16(20)21/h2-3,7-8,12-13,17H,4-6,9-11H2,1H3,(H,20,21). The van der Waals surface area contributed by atoms with Crippen molar-refractivity contribution in [1.82, 2.24) is 4.90 Å². The predicted molar refractivity (Wildman–Crippen MR) is 87.2 cm³/mol. The average Bonchev–Trinajstić information content (AvgIpc) is 2.59. The lowest BCUT2D eigenvalue weighted by Crippen LogP contribution is -2.54. The quantitative estimate of drug-likeness (QED) is 0.916. The van der Waals surface area contributed by atoms with E-state index in [1.54, 1.807) is 11.0 Å². The summed E-state index contributed by atoms with van der Waals surface area (Å²) in [5.41, 5.74) is 0. The highest BCUT2D eigenvalue weighted by molar-refractivity contribution is 5.83. The van der Waals surface area contributed by atoms with Crippen LogP contribution in [0.2, 0.25) is 0 Å². The molecule has 1 saturated heterocycles. The van der Waals surface area contributed by atoms with Gasteiger partial charge in [-0.2, -0.15) is 0 Å². The molecule has 6 heteroatoms. The maximum Gasteiger partial charge on any atom is 0.303 e. The van der Waals surface area contributed by atoms with Crippen LogP contribution < -0.4 is 9.47 Å². The molecule has 2 aliphatic heterocycles. The van der Waals surface area contributed by atoms with E-state index in [4.69, 9.17) is 14.6 Å². The predicted octanol–water partition coefficient (Wildman–Crippen LogP) is 2.46. The molecule has 130 valence electrons. The van der Waals surface area contributed by atoms with E-state index in [0.717, 1.165) is 19.3 Å². The second kappa shape index (κ2) is 7.11. The number of nitrogens with zero attached hydrogens (tertiary/aromatic N) is 1. The van der Waals surface area contributed by atoms with Gasteiger partial charge in [-0.1, -0.05) is 12.1 Å². The number of hydrogen-bond donors (Lipinski definition) is 1. The Labute approximate surface area is 141 Å². The molecular weight excluding hydrogens is 310 g/mol. The Bertz CT molecular complexity index is 617. The number of ether oxygens (including phenoxy) is 2.